The van der Waals surface area contributed by atoms with Crippen LogP contribution in [0.25, 0.3) is 0 Å². The van der Waals surface area contributed by atoms with Gasteiger partial charge in [0.05, 0.1) is 18.6 Å². The lowest BCUT2D eigenvalue weighted by molar-refractivity contribution is 0.199. The van der Waals surface area contributed by atoms with Crippen LogP contribution in [0.3, 0.4) is 0 Å². The molecule has 1 unspecified atom stereocenters. The Balaban J connectivity index is 3.22. The average Bonchev–Trinajstić information content (AvgIpc) is 2.31. The first kappa shape index (κ1) is 14.5. The van der Waals surface area contributed by atoms with Crippen molar-refractivity contribution in [1.29, 1.82) is 5.26 Å². The molecule has 0 aromatic heterocycles. The lowest BCUT2D eigenvalue weighted by Crippen LogP contribution is -2.29. The van der Waals surface area contributed by atoms with E-state index in [4.69, 9.17) is 5.26 Å². The molecule has 1 N–H and O–H groups in total. The summed E-state index contributed by atoms with van der Waals surface area (Å²) >= 11 is 0. The number of aliphatic hydroxyl groups is 1. The van der Waals surface area contributed by atoms with Crippen molar-refractivity contribution in [1.82, 2.24) is 0 Å². The van der Waals surface area contributed by atoms with E-state index in [1.165, 1.54) is 6.07 Å². The van der Waals surface area contributed by atoms with Gasteiger partial charge in [0, 0.05) is 24.3 Å². The standard InChI is InChI=1S/C14H19FN2O/c1-9-7-14(17(4)10(2)5-6-16)12(11(3)18)8-13(9)15/h7-8,10-11,18H,5H2,1-4H3/t10?,11-/m0/s1. The van der Waals surface area contributed by atoms with Crippen LogP contribution in [-0.2, 0) is 0 Å². The van der Waals surface area contributed by atoms with Crippen LogP contribution in [0.4, 0.5) is 10.1 Å². The minimum Gasteiger partial charge on any atom is -0.389 e. The summed E-state index contributed by atoms with van der Waals surface area (Å²) in [7, 11) is 1.85. The highest BCUT2D eigenvalue weighted by Crippen LogP contribution is 2.30. The van der Waals surface area contributed by atoms with Gasteiger partial charge in [-0.05, 0) is 38.5 Å². The van der Waals surface area contributed by atoms with E-state index in [0.717, 1.165) is 5.69 Å². The fourth-order valence-electron chi connectivity index (χ4n) is 1.83. The minimum atomic E-state index is -0.744. The zero-order valence-corrected chi connectivity index (χ0v) is 11.2. The third-order valence-electron chi connectivity index (χ3n) is 3.19. The van der Waals surface area contributed by atoms with E-state index in [2.05, 4.69) is 6.07 Å². The molecule has 1 aromatic rings. The maximum absolute atomic E-state index is 13.6. The second-order valence-corrected chi connectivity index (χ2v) is 4.66. The Hall–Kier alpha value is -1.60. The zero-order chi connectivity index (χ0) is 13.9. The van der Waals surface area contributed by atoms with Crippen LogP contribution >= 0.6 is 0 Å². The summed E-state index contributed by atoms with van der Waals surface area (Å²) in [6.07, 6.45) is -0.363. The minimum absolute atomic E-state index is 0.0114. The highest BCUT2D eigenvalue weighted by atomic mass is 19.1. The molecule has 0 bridgehead atoms. The van der Waals surface area contributed by atoms with Gasteiger partial charge in [-0.15, -0.1) is 0 Å². The van der Waals surface area contributed by atoms with E-state index in [1.807, 2.05) is 18.9 Å². The molecular formula is C14H19FN2O. The van der Waals surface area contributed by atoms with Crippen molar-refractivity contribution in [2.45, 2.75) is 39.3 Å². The number of rotatable bonds is 4. The van der Waals surface area contributed by atoms with Crippen molar-refractivity contribution in [3.63, 3.8) is 0 Å². The number of benzene rings is 1. The second-order valence-electron chi connectivity index (χ2n) is 4.66. The SMILES string of the molecule is Cc1cc(N(C)C(C)CC#N)c([C@H](C)O)cc1F. The zero-order valence-electron chi connectivity index (χ0n) is 11.2. The Morgan fingerprint density at radius 2 is 2.06 bits per heavy atom. The molecule has 0 amide bonds. The van der Waals surface area contributed by atoms with Crippen LogP contribution in [0.5, 0.6) is 0 Å². The van der Waals surface area contributed by atoms with Crippen molar-refractivity contribution in [2.24, 2.45) is 0 Å². The summed E-state index contributed by atoms with van der Waals surface area (Å²) in [5.41, 5.74) is 1.85. The van der Waals surface area contributed by atoms with E-state index in [1.54, 1.807) is 19.9 Å². The van der Waals surface area contributed by atoms with Gasteiger partial charge in [0.1, 0.15) is 5.82 Å². The number of hydrogen-bond donors (Lipinski definition) is 1. The fraction of sp³-hybridized carbons (Fsp3) is 0.500. The Morgan fingerprint density at radius 1 is 1.44 bits per heavy atom. The number of aliphatic hydroxyl groups excluding tert-OH is 1. The van der Waals surface area contributed by atoms with Gasteiger partial charge in [0.2, 0.25) is 0 Å². The first-order chi connectivity index (χ1) is 8.38. The molecule has 0 saturated carbocycles. The summed E-state index contributed by atoms with van der Waals surface area (Å²) in [6, 6.07) is 5.21. The van der Waals surface area contributed by atoms with Gasteiger partial charge in [0.15, 0.2) is 0 Å². The largest absolute Gasteiger partial charge is 0.389 e. The molecule has 3 nitrogen and oxygen atoms in total. The molecule has 18 heavy (non-hydrogen) atoms. The molecule has 0 aliphatic rings. The third-order valence-corrected chi connectivity index (χ3v) is 3.19. The topological polar surface area (TPSA) is 47.3 Å². The van der Waals surface area contributed by atoms with Crippen LogP contribution in [0, 0.1) is 24.1 Å². The normalized spacial score (nSPS) is 13.8. The van der Waals surface area contributed by atoms with Crippen molar-refractivity contribution in [2.75, 3.05) is 11.9 Å². The number of halogens is 1. The molecule has 0 aliphatic heterocycles. The van der Waals surface area contributed by atoms with Crippen molar-refractivity contribution < 1.29 is 9.50 Å². The molecule has 1 rings (SSSR count). The number of anilines is 1. The second kappa shape index (κ2) is 5.83. The van der Waals surface area contributed by atoms with Crippen LogP contribution < -0.4 is 4.90 Å². The summed E-state index contributed by atoms with van der Waals surface area (Å²) in [5.74, 6) is -0.323. The molecular weight excluding hydrogens is 231 g/mol. The van der Waals surface area contributed by atoms with Gasteiger partial charge < -0.3 is 10.0 Å². The number of aryl methyl sites for hydroxylation is 1. The lowest BCUT2D eigenvalue weighted by Gasteiger charge is -2.29. The van der Waals surface area contributed by atoms with Gasteiger partial charge in [-0.1, -0.05) is 0 Å². The van der Waals surface area contributed by atoms with Crippen LogP contribution in [0.15, 0.2) is 12.1 Å². The third kappa shape index (κ3) is 2.99. The highest BCUT2D eigenvalue weighted by molar-refractivity contribution is 5.57. The predicted octanol–water partition coefficient (Wildman–Crippen LogP) is 2.93. The first-order valence-electron chi connectivity index (χ1n) is 5.96. The summed E-state index contributed by atoms with van der Waals surface area (Å²) in [6.45, 7) is 5.22. The molecule has 0 spiro atoms. The summed E-state index contributed by atoms with van der Waals surface area (Å²) in [4.78, 5) is 1.90. The Bertz CT molecular complexity index is 466. The van der Waals surface area contributed by atoms with Crippen molar-refractivity contribution in [3.8, 4) is 6.07 Å². The van der Waals surface area contributed by atoms with Gasteiger partial charge in [-0.3, -0.25) is 0 Å². The lowest BCUT2D eigenvalue weighted by atomic mass is 10.0. The molecule has 98 valence electrons. The Morgan fingerprint density at radius 3 is 2.56 bits per heavy atom. The van der Waals surface area contributed by atoms with Gasteiger partial charge in [-0.2, -0.15) is 5.26 Å². The van der Waals surface area contributed by atoms with Crippen LogP contribution in [-0.4, -0.2) is 18.2 Å². The maximum atomic E-state index is 13.6. The van der Waals surface area contributed by atoms with Gasteiger partial charge in [-0.25, -0.2) is 4.39 Å². The van der Waals surface area contributed by atoms with Crippen LogP contribution in [0.1, 0.15) is 37.5 Å². The van der Waals surface area contributed by atoms with Gasteiger partial charge in [0.25, 0.3) is 0 Å². The molecule has 0 aliphatic carbocycles. The molecule has 2 atom stereocenters. The fourth-order valence-corrected chi connectivity index (χ4v) is 1.83. The molecule has 1 aromatic carbocycles. The smallest absolute Gasteiger partial charge is 0.126 e. The molecule has 0 saturated heterocycles. The number of nitrogens with zero attached hydrogens (tertiary/aromatic N) is 2. The van der Waals surface area contributed by atoms with Gasteiger partial charge >= 0.3 is 0 Å². The van der Waals surface area contributed by atoms with E-state index in [9.17, 15) is 9.50 Å². The van der Waals surface area contributed by atoms with E-state index >= 15 is 0 Å². The molecule has 0 heterocycles. The predicted molar refractivity (Wildman–Crippen MR) is 69.9 cm³/mol. The molecule has 0 fully saturated rings. The molecule has 4 heteroatoms. The number of nitriles is 1. The average molecular weight is 250 g/mol. The van der Waals surface area contributed by atoms with E-state index in [0.29, 0.717) is 17.5 Å². The monoisotopic (exact) mass is 250 g/mol. The quantitative estimate of drug-likeness (QED) is 0.893. The van der Waals surface area contributed by atoms with Crippen molar-refractivity contribution >= 4 is 5.69 Å². The first-order valence-corrected chi connectivity index (χ1v) is 5.96. The maximum Gasteiger partial charge on any atom is 0.126 e. The van der Waals surface area contributed by atoms with E-state index < -0.39 is 6.10 Å². The Labute approximate surface area is 107 Å². The molecule has 0 radical (unpaired) electrons. The summed E-state index contributed by atoms with van der Waals surface area (Å²) in [5, 5.41) is 18.4. The highest BCUT2D eigenvalue weighted by Gasteiger charge is 2.18. The Kier molecular flexibility index (Phi) is 4.69. The van der Waals surface area contributed by atoms with E-state index in [-0.39, 0.29) is 11.9 Å². The number of hydrogen-bond acceptors (Lipinski definition) is 3. The van der Waals surface area contributed by atoms with Crippen molar-refractivity contribution in [3.05, 3.63) is 29.1 Å². The van der Waals surface area contributed by atoms with Crippen LogP contribution in [0.2, 0.25) is 0 Å². The summed E-state index contributed by atoms with van der Waals surface area (Å²) < 4.78 is 13.6.